The predicted molar refractivity (Wildman–Crippen MR) is 174 cm³/mol. The minimum atomic E-state index is -0.925. The van der Waals surface area contributed by atoms with Crippen molar-refractivity contribution in [3.05, 3.63) is 72.9 Å². The van der Waals surface area contributed by atoms with Crippen LogP contribution in [0.4, 0.5) is 0 Å². The normalized spacial score (nSPS) is 11.8. The third-order valence-corrected chi connectivity index (χ3v) is 6.06. The van der Waals surface area contributed by atoms with Crippen LogP contribution in [0.5, 0.6) is 0 Å². The zero-order valence-corrected chi connectivity index (χ0v) is 28.6. The topological polar surface area (TPSA) is 80.3 Å². The number of carbonyl (C=O) groups is 2. The number of rotatable bonds is 26. The molecular weight excluding hydrogens is 536 g/mol. The van der Waals surface area contributed by atoms with E-state index in [9.17, 15) is 19.8 Å². The number of unbranched alkanes of at least 4 members (excludes halogenated alkanes) is 10. The summed E-state index contributed by atoms with van der Waals surface area (Å²) in [6.45, 7) is 4.29. The van der Waals surface area contributed by atoms with Gasteiger partial charge in [-0.3, -0.25) is 0 Å². The summed E-state index contributed by atoms with van der Waals surface area (Å²) < 4.78 is 0. The van der Waals surface area contributed by atoms with Gasteiger partial charge in [0.05, 0.1) is 0 Å². The Morgan fingerprint density at radius 1 is 0.415 bits per heavy atom. The maximum absolute atomic E-state index is 10.2. The van der Waals surface area contributed by atoms with Gasteiger partial charge >= 0.3 is 37.7 Å². The minimum absolute atomic E-state index is 0. The molecule has 5 heteroatoms. The average Bonchev–Trinajstić information content (AvgIpc) is 2.93. The van der Waals surface area contributed by atoms with Crippen LogP contribution in [0.25, 0.3) is 0 Å². The van der Waals surface area contributed by atoms with Crippen molar-refractivity contribution in [2.24, 2.45) is 0 Å². The molecule has 0 amide bonds. The van der Waals surface area contributed by atoms with Crippen molar-refractivity contribution < 1.29 is 19.8 Å². The second-order valence-corrected chi connectivity index (χ2v) is 9.94. The molecule has 0 bridgehead atoms. The first-order valence-corrected chi connectivity index (χ1v) is 15.8. The Hall–Kier alpha value is -1.36. The van der Waals surface area contributed by atoms with E-state index in [0.717, 1.165) is 89.9 Å². The Morgan fingerprint density at radius 2 is 0.683 bits per heavy atom. The molecule has 0 aromatic heterocycles. The van der Waals surface area contributed by atoms with E-state index < -0.39 is 11.9 Å². The molecule has 41 heavy (non-hydrogen) atoms. The van der Waals surface area contributed by atoms with Crippen LogP contribution < -0.4 is 10.2 Å². The molecule has 0 radical (unpaired) electrons. The Morgan fingerprint density at radius 3 is 1.00 bits per heavy atom. The van der Waals surface area contributed by atoms with Gasteiger partial charge in [-0.15, -0.1) is 0 Å². The van der Waals surface area contributed by atoms with Crippen LogP contribution in [0.2, 0.25) is 0 Å². The first-order valence-electron chi connectivity index (χ1n) is 15.8. The zero-order chi connectivity index (χ0) is 29.8. The Balaban J connectivity index is -0.000000688. The number of carboxylic acids is 2. The Kier molecular flexibility index (Phi) is 43.8. The number of allylic oxidation sites excluding steroid dienone is 12. The van der Waals surface area contributed by atoms with Crippen molar-refractivity contribution >= 4 is 49.7 Å². The minimum Gasteiger partial charge on any atom is -0.550 e. The molecule has 0 saturated heterocycles. The van der Waals surface area contributed by atoms with Crippen molar-refractivity contribution in [3.63, 3.8) is 0 Å². The fraction of sp³-hybridized carbons (Fsp3) is 0.611. The fourth-order valence-corrected chi connectivity index (χ4v) is 3.78. The standard InChI is InChI=1S/2C18H30O2.Ca/c2*1-2-3-4-5-6-7-8-9-10-11-12-13-14-15-16-17-18(19)20;/h2*3-4,6-7,9-10H,2,5,8,11-17H2,1H3,(H,19,20);/q;;+2/p-2/b4-3+,7-6+,10-9+;4-3-,7-6-,10-9-;. The predicted octanol–water partition coefficient (Wildman–Crippen LogP) is 8.27. The smallest absolute Gasteiger partial charge is 0.550 e. The molecule has 0 N–H and O–H groups in total. The van der Waals surface area contributed by atoms with E-state index in [1.807, 2.05) is 0 Å². The van der Waals surface area contributed by atoms with Crippen molar-refractivity contribution in [2.75, 3.05) is 0 Å². The molecule has 0 aromatic carbocycles. The van der Waals surface area contributed by atoms with Gasteiger partial charge in [-0.1, -0.05) is 125 Å². The summed E-state index contributed by atoms with van der Waals surface area (Å²) in [5, 5.41) is 20.4. The molecule has 228 valence electrons. The molecule has 0 aliphatic heterocycles. The van der Waals surface area contributed by atoms with E-state index >= 15 is 0 Å². The second-order valence-electron chi connectivity index (χ2n) is 9.94. The van der Waals surface area contributed by atoms with Crippen LogP contribution in [0.1, 0.15) is 142 Å². The molecule has 4 nitrogen and oxygen atoms in total. The summed E-state index contributed by atoms with van der Waals surface area (Å²) in [7, 11) is 0. The molecule has 0 unspecified atom stereocenters. The first kappa shape index (κ1) is 44.1. The van der Waals surface area contributed by atoms with Gasteiger partial charge in [0.15, 0.2) is 0 Å². The summed E-state index contributed by atoms with van der Waals surface area (Å²) in [5.41, 5.74) is 0. The van der Waals surface area contributed by atoms with Gasteiger partial charge in [0.2, 0.25) is 0 Å². The Bertz CT molecular complexity index is 670. The zero-order valence-electron chi connectivity index (χ0n) is 26.4. The quantitative estimate of drug-likeness (QED) is 0.0573. The van der Waals surface area contributed by atoms with E-state index in [1.165, 1.54) is 25.7 Å². The first-order chi connectivity index (χ1) is 19.5. The Labute approximate surface area is 282 Å². The number of carbonyl (C=O) groups excluding carboxylic acids is 2. The third kappa shape index (κ3) is 48.7. The molecule has 0 saturated carbocycles. The van der Waals surface area contributed by atoms with Gasteiger partial charge in [-0.05, 0) is 89.9 Å². The van der Waals surface area contributed by atoms with Crippen molar-refractivity contribution in [1.82, 2.24) is 0 Å². The monoisotopic (exact) mass is 594 g/mol. The van der Waals surface area contributed by atoms with Crippen LogP contribution in [0.3, 0.4) is 0 Å². The summed E-state index contributed by atoms with van der Waals surface area (Å²) in [6.07, 6.45) is 46.1. The third-order valence-electron chi connectivity index (χ3n) is 6.06. The van der Waals surface area contributed by atoms with Crippen molar-refractivity contribution in [3.8, 4) is 0 Å². The van der Waals surface area contributed by atoms with Crippen LogP contribution in [-0.2, 0) is 9.59 Å². The molecule has 0 fully saturated rings. The van der Waals surface area contributed by atoms with E-state index in [4.69, 9.17) is 0 Å². The molecule has 0 atom stereocenters. The van der Waals surface area contributed by atoms with Gasteiger partial charge < -0.3 is 19.8 Å². The summed E-state index contributed by atoms with van der Waals surface area (Å²) >= 11 is 0. The molecule has 0 aliphatic rings. The van der Waals surface area contributed by atoms with Gasteiger partial charge in [-0.25, -0.2) is 0 Å². The van der Waals surface area contributed by atoms with Gasteiger partial charge in [-0.2, -0.15) is 0 Å². The van der Waals surface area contributed by atoms with Crippen molar-refractivity contribution in [1.29, 1.82) is 0 Å². The maximum atomic E-state index is 10.2. The van der Waals surface area contributed by atoms with Crippen LogP contribution in [-0.4, -0.2) is 49.7 Å². The molecule has 0 rings (SSSR count). The SMILES string of the molecule is CC/C=C/C/C=C/C/C=C/CCCCCCCC(=O)[O-].CC/C=C\C/C=C\C/C=C\CCCCCCCC(=O)[O-].[Ca+2]. The van der Waals surface area contributed by atoms with E-state index in [0.29, 0.717) is 0 Å². The molecule has 0 heterocycles. The maximum Gasteiger partial charge on any atom is 2.00 e. The van der Waals surface area contributed by atoms with Crippen LogP contribution in [0.15, 0.2) is 72.9 Å². The van der Waals surface area contributed by atoms with Crippen LogP contribution >= 0.6 is 0 Å². The summed E-state index contributed by atoms with van der Waals surface area (Å²) in [6, 6.07) is 0. The second kappa shape index (κ2) is 40.8. The van der Waals surface area contributed by atoms with Gasteiger partial charge in [0.25, 0.3) is 0 Å². The molecule has 0 aliphatic carbocycles. The number of aliphatic carboxylic acids is 2. The number of hydrogen-bond donors (Lipinski definition) is 0. The molecule has 0 aromatic rings. The van der Waals surface area contributed by atoms with Crippen molar-refractivity contribution in [2.45, 2.75) is 142 Å². The van der Waals surface area contributed by atoms with E-state index in [1.54, 1.807) is 0 Å². The van der Waals surface area contributed by atoms with Gasteiger partial charge in [0.1, 0.15) is 0 Å². The summed E-state index contributed by atoms with van der Waals surface area (Å²) in [5.74, 6) is -1.85. The largest absolute Gasteiger partial charge is 2.00 e. The molecular formula is C36H58CaO4. The van der Waals surface area contributed by atoms with E-state index in [2.05, 4.69) is 86.8 Å². The van der Waals surface area contributed by atoms with Gasteiger partial charge in [0, 0.05) is 11.9 Å². The average molecular weight is 595 g/mol. The summed E-state index contributed by atoms with van der Waals surface area (Å²) in [4.78, 5) is 20.4. The fourth-order valence-electron chi connectivity index (χ4n) is 3.78. The number of hydrogen-bond acceptors (Lipinski definition) is 4. The van der Waals surface area contributed by atoms with E-state index in [-0.39, 0.29) is 50.6 Å². The molecule has 0 spiro atoms. The number of carboxylic acid groups (broad SMARTS) is 2. The van der Waals surface area contributed by atoms with Crippen LogP contribution in [0, 0.1) is 0 Å².